The van der Waals surface area contributed by atoms with Crippen LogP contribution in [-0.2, 0) is 28.1 Å². The van der Waals surface area contributed by atoms with Gasteiger partial charge in [-0.15, -0.1) is 0 Å². The fourth-order valence-electron chi connectivity index (χ4n) is 7.11. The number of aromatic nitrogens is 5. The molecular weight excluding hydrogens is 670 g/mol. The average Bonchev–Trinajstić information content (AvgIpc) is 3.76. The molecule has 53 heavy (non-hydrogen) atoms. The zero-order valence-electron chi connectivity index (χ0n) is 30.7. The first kappa shape index (κ1) is 36.1. The first-order chi connectivity index (χ1) is 25.5. The third-order valence-electron chi connectivity index (χ3n) is 10.3. The molecule has 1 saturated heterocycles. The molecule has 0 bridgehead atoms. The summed E-state index contributed by atoms with van der Waals surface area (Å²) in [5, 5.41) is 20.9. The van der Waals surface area contributed by atoms with Crippen molar-refractivity contribution in [2.45, 2.75) is 109 Å². The van der Waals surface area contributed by atoms with Crippen molar-refractivity contribution >= 4 is 23.2 Å². The molecule has 1 aliphatic heterocycles. The van der Waals surface area contributed by atoms with Gasteiger partial charge in [0.1, 0.15) is 6.33 Å². The van der Waals surface area contributed by atoms with Crippen LogP contribution >= 0.6 is 0 Å². The predicted molar refractivity (Wildman–Crippen MR) is 200 cm³/mol. The highest BCUT2D eigenvalue weighted by atomic mass is 16.5. The van der Waals surface area contributed by atoms with Gasteiger partial charge in [0.15, 0.2) is 0 Å². The van der Waals surface area contributed by atoms with Crippen molar-refractivity contribution in [1.82, 2.24) is 46.0 Å². The topological polar surface area (TPSA) is 168 Å². The van der Waals surface area contributed by atoms with Gasteiger partial charge in [-0.3, -0.25) is 19.7 Å². The number of amides is 3. The van der Waals surface area contributed by atoms with E-state index in [1.165, 1.54) is 5.56 Å². The highest BCUT2D eigenvalue weighted by molar-refractivity contribution is 6.00. The minimum Gasteiger partial charge on any atom is -0.345 e. The molecule has 7 rings (SSSR count). The predicted octanol–water partition coefficient (Wildman–Crippen LogP) is 5.17. The number of carbonyl (C=O) groups is 3. The van der Waals surface area contributed by atoms with Gasteiger partial charge in [-0.2, -0.15) is 10.1 Å². The van der Waals surface area contributed by atoms with Gasteiger partial charge in [-0.1, -0.05) is 68.7 Å². The SMILES string of the molecule is Cc1cc(-c2ncnn3cc(-c4ccc(CNC5CCCC(NC6CCC(=O)NC6=O)CC5)cc4)cc23)ccc1CNC(=O)c1noc(C(C)(C)C)n1. The van der Waals surface area contributed by atoms with E-state index in [0.29, 0.717) is 37.4 Å². The van der Waals surface area contributed by atoms with E-state index in [1.54, 1.807) is 6.33 Å². The van der Waals surface area contributed by atoms with E-state index >= 15 is 0 Å². The summed E-state index contributed by atoms with van der Waals surface area (Å²) in [6, 6.07) is 17.3. The van der Waals surface area contributed by atoms with Crippen molar-refractivity contribution in [3.05, 3.63) is 89.5 Å². The van der Waals surface area contributed by atoms with Gasteiger partial charge >= 0.3 is 0 Å². The summed E-state index contributed by atoms with van der Waals surface area (Å²) in [6.07, 6.45) is 9.86. The molecule has 3 atom stereocenters. The molecule has 0 radical (unpaired) electrons. The van der Waals surface area contributed by atoms with Gasteiger partial charge in [0.25, 0.3) is 11.7 Å². The molecular formula is C40H47N9O4. The quantitative estimate of drug-likeness (QED) is 0.112. The molecule has 3 unspecified atom stereocenters. The maximum atomic E-state index is 12.7. The second-order valence-corrected chi connectivity index (χ2v) is 15.3. The van der Waals surface area contributed by atoms with Gasteiger partial charge in [0.2, 0.25) is 17.7 Å². The maximum absolute atomic E-state index is 12.7. The number of rotatable bonds is 10. The van der Waals surface area contributed by atoms with E-state index in [-0.39, 0.29) is 35.0 Å². The van der Waals surface area contributed by atoms with E-state index in [1.807, 2.05) is 50.5 Å². The Labute approximate surface area is 308 Å². The second kappa shape index (κ2) is 15.4. The lowest BCUT2D eigenvalue weighted by atomic mass is 9.97. The van der Waals surface area contributed by atoms with E-state index in [4.69, 9.17) is 4.52 Å². The van der Waals surface area contributed by atoms with Crippen LogP contribution in [0, 0.1) is 6.92 Å². The van der Waals surface area contributed by atoms with Crippen LogP contribution in [0.25, 0.3) is 27.9 Å². The maximum Gasteiger partial charge on any atom is 0.292 e. The minimum atomic E-state index is -0.383. The van der Waals surface area contributed by atoms with Gasteiger partial charge in [-0.05, 0) is 73.4 Å². The van der Waals surface area contributed by atoms with Crippen molar-refractivity contribution in [2.75, 3.05) is 0 Å². The van der Waals surface area contributed by atoms with E-state index in [0.717, 1.165) is 77.7 Å². The summed E-state index contributed by atoms with van der Waals surface area (Å²) in [4.78, 5) is 45.3. The number of aryl methyl sites for hydroxylation is 1. The molecule has 3 aromatic heterocycles. The number of carbonyl (C=O) groups excluding carboxylic acids is 3. The Bertz CT molecular complexity index is 2110. The Morgan fingerprint density at radius 1 is 0.943 bits per heavy atom. The van der Waals surface area contributed by atoms with Crippen molar-refractivity contribution in [1.29, 1.82) is 0 Å². The largest absolute Gasteiger partial charge is 0.345 e. The summed E-state index contributed by atoms with van der Waals surface area (Å²) in [5.41, 5.74) is 7.72. The fraction of sp³-hybridized carbons (Fsp3) is 0.425. The zero-order valence-corrected chi connectivity index (χ0v) is 30.7. The number of imide groups is 1. The summed E-state index contributed by atoms with van der Waals surface area (Å²) in [6.45, 7) is 8.99. The first-order valence-corrected chi connectivity index (χ1v) is 18.5. The van der Waals surface area contributed by atoms with Crippen LogP contribution < -0.4 is 21.3 Å². The highest BCUT2D eigenvalue weighted by Crippen LogP contribution is 2.30. The molecule has 0 spiro atoms. The second-order valence-electron chi connectivity index (χ2n) is 15.3. The van der Waals surface area contributed by atoms with Crippen LogP contribution in [0.1, 0.15) is 98.9 Å². The summed E-state index contributed by atoms with van der Waals surface area (Å²) in [5.74, 6) is -0.307. The standard InChI is InChI=1S/C40H47N9O4/c1-24-18-27(12-13-28(24)21-42-38(52)36-47-39(53-48-36)40(2,3)4)35-33-19-29(22-49(33)44-23-43-35)26-10-8-25(9-11-26)20-41-30-6-5-7-31(15-14-30)45-32-16-17-34(50)46-37(32)51/h8-13,18-19,22-23,30-32,41,45H,5-7,14-17,20-21H2,1-4H3,(H,42,52)(H,46,50,51). The minimum absolute atomic E-state index is 0.0235. The van der Waals surface area contributed by atoms with Crippen molar-refractivity contribution in [3.63, 3.8) is 0 Å². The Balaban J connectivity index is 0.947. The number of piperidine rings is 1. The number of benzene rings is 2. The molecule has 276 valence electrons. The number of hydrogen-bond acceptors (Lipinski definition) is 10. The number of nitrogens with one attached hydrogen (secondary N) is 4. The Kier molecular flexibility index (Phi) is 10.5. The van der Waals surface area contributed by atoms with Gasteiger partial charge in [-0.25, -0.2) is 9.50 Å². The molecule has 2 aliphatic rings. The van der Waals surface area contributed by atoms with Crippen LogP contribution in [0.5, 0.6) is 0 Å². The normalized spacial score (nSPS) is 19.6. The Hall–Kier alpha value is -5.27. The molecule has 4 heterocycles. The van der Waals surface area contributed by atoms with Crippen LogP contribution in [-0.4, -0.2) is 60.6 Å². The van der Waals surface area contributed by atoms with Crippen molar-refractivity contribution in [2.24, 2.45) is 0 Å². The van der Waals surface area contributed by atoms with E-state index < -0.39 is 0 Å². The molecule has 3 amide bonds. The van der Waals surface area contributed by atoms with Crippen LogP contribution in [0.4, 0.5) is 0 Å². The lowest BCUT2D eigenvalue weighted by Gasteiger charge is -2.26. The number of hydrogen-bond donors (Lipinski definition) is 4. The molecule has 13 nitrogen and oxygen atoms in total. The lowest BCUT2D eigenvalue weighted by molar-refractivity contribution is -0.134. The molecule has 2 fully saturated rings. The fourth-order valence-corrected chi connectivity index (χ4v) is 7.11. The van der Waals surface area contributed by atoms with Crippen LogP contribution in [0.3, 0.4) is 0 Å². The van der Waals surface area contributed by atoms with Gasteiger partial charge in [0, 0.05) is 54.3 Å². The summed E-state index contributed by atoms with van der Waals surface area (Å²) in [7, 11) is 0. The molecule has 13 heteroatoms. The van der Waals surface area contributed by atoms with Crippen molar-refractivity contribution in [3.8, 4) is 22.4 Å². The van der Waals surface area contributed by atoms with Crippen molar-refractivity contribution < 1.29 is 18.9 Å². The Morgan fingerprint density at radius 2 is 1.72 bits per heavy atom. The molecule has 4 N–H and O–H groups in total. The van der Waals surface area contributed by atoms with Crippen LogP contribution in [0.2, 0.25) is 0 Å². The van der Waals surface area contributed by atoms with Gasteiger partial charge in [0.05, 0.1) is 17.3 Å². The first-order valence-electron chi connectivity index (χ1n) is 18.5. The van der Waals surface area contributed by atoms with E-state index in [2.05, 4.69) is 77.9 Å². The monoisotopic (exact) mass is 717 g/mol. The zero-order chi connectivity index (χ0) is 37.1. The Morgan fingerprint density at radius 3 is 2.47 bits per heavy atom. The molecule has 5 aromatic rings. The smallest absolute Gasteiger partial charge is 0.292 e. The number of nitrogens with zero attached hydrogens (tertiary/aromatic N) is 5. The average molecular weight is 718 g/mol. The summed E-state index contributed by atoms with van der Waals surface area (Å²) >= 11 is 0. The summed E-state index contributed by atoms with van der Waals surface area (Å²) < 4.78 is 7.13. The van der Waals surface area contributed by atoms with Crippen LogP contribution in [0.15, 0.2) is 65.6 Å². The molecule has 1 saturated carbocycles. The molecule has 2 aromatic carbocycles. The number of fused-ring (bicyclic) bond motifs is 1. The third-order valence-corrected chi connectivity index (χ3v) is 10.3. The van der Waals surface area contributed by atoms with Gasteiger partial charge < -0.3 is 20.5 Å². The third kappa shape index (κ3) is 8.52. The van der Waals surface area contributed by atoms with E-state index in [9.17, 15) is 14.4 Å². The lowest BCUT2D eigenvalue weighted by Crippen LogP contribution is -2.53. The molecule has 1 aliphatic carbocycles. The highest BCUT2D eigenvalue weighted by Gasteiger charge is 2.29.